The van der Waals surface area contributed by atoms with Gasteiger partial charge in [0.05, 0.1) is 30.7 Å². The third-order valence-corrected chi connectivity index (χ3v) is 4.43. The molecular formula is C19H15N7O2. The number of anilines is 2. The Hall–Kier alpha value is -4.14. The van der Waals surface area contributed by atoms with Crippen LogP contribution in [0.15, 0.2) is 55.1 Å². The second-order valence-corrected chi connectivity index (χ2v) is 6.17. The molecule has 0 spiro atoms. The van der Waals surface area contributed by atoms with Gasteiger partial charge in [0.1, 0.15) is 11.8 Å². The lowest BCUT2D eigenvalue weighted by Crippen LogP contribution is -2.00. The first-order valence-corrected chi connectivity index (χ1v) is 8.49. The van der Waals surface area contributed by atoms with Crippen molar-refractivity contribution in [2.45, 2.75) is 0 Å². The Morgan fingerprint density at radius 3 is 2.93 bits per heavy atom. The van der Waals surface area contributed by atoms with Crippen molar-refractivity contribution >= 4 is 33.7 Å². The highest BCUT2D eigenvalue weighted by Gasteiger charge is 2.10. The fourth-order valence-corrected chi connectivity index (χ4v) is 3.02. The van der Waals surface area contributed by atoms with E-state index in [1.807, 2.05) is 22.8 Å². The van der Waals surface area contributed by atoms with Crippen molar-refractivity contribution in [3.05, 3.63) is 55.1 Å². The van der Waals surface area contributed by atoms with Gasteiger partial charge in [-0.2, -0.15) is 10.1 Å². The van der Waals surface area contributed by atoms with Crippen molar-refractivity contribution in [3.8, 4) is 17.2 Å². The summed E-state index contributed by atoms with van der Waals surface area (Å²) < 4.78 is 7.02. The van der Waals surface area contributed by atoms with Crippen LogP contribution in [0.4, 0.5) is 11.6 Å². The van der Waals surface area contributed by atoms with Gasteiger partial charge in [0.15, 0.2) is 17.1 Å². The second kappa shape index (κ2) is 6.23. The number of ether oxygens (including phenoxy) is 1. The number of nitrogens with one attached hydrogen (secondary N) is 2. The number of nitrogens with zero attached hydrogens (tertiary/aromatic N) is 5. The average Bonchev–Trinajstić information content (AvgIpc) is 3.35. The Balaban J connectivity index is 1.54. The van der Waals surface area contributed by atoms with Crippen molar-refractivity contribution in [2.75, 3.05) is 12.4 Å². The molecule has 0 amide bonds. The molecule has 0 bridgehead atoms. The summed E-state index contributed by atoms with van der Waals surface area (Å²) in [5, 5.41) is 20.9. The molecule has 0 atom stereocenters. The highest BCUT2D eigenvalue weighted by molar-refractivity contribution is 5.81. The highest BCUT2D eigenvalue weighted by Crippen LogP contribution is 2.30. The van der Waals surface area contributed by atoms with Gasteiger partial charge >= 0.3 is 0 Å². The van der Waals surface area contributed by atoms with Crippen LogP contribution in [-0.2, 0) is 0 Å². The van der Waals surface area contributed by atoms with E-state index in [0.29, 0.717) is 28.5 Å². The lowest BCUT2D eigenvalue weighted by molar-refractivity contribution is 0.374. The van der Waals surface area contributed by atoms with Crippen LogP contribution >= 0.6 is 0 Å². The maximum Gasteiger partial charge on any atom is 0.229 e. The summed E-state index contributed by atoms with van der Waals surface area (Å²) in [6.45, 7) is 0. The quantitative estimate of drug-likeness (QED) is 0.415. The summed E-state index contributed by atoms with van der Waals surface area (Å²) in [7, 11) is 1.50. The zero-order valence-corrected chi connectivity index (χ0v) is 14.8. The van der Waals surface area contributed by atoms with Crippen molar-refractivity contribution in [1.29, 1.82) is 0 Å². The third kappa shape index (κ3) is 2.65. The van der Waals surface area contributed by atoms with Crippen molar-refractivity contribution in [2.24, 2.45) is 0 Å². The monoisotopic (exact) mass is 373 g/mol. The van der Waals surface area contributed by atoms with Crippen LogP contribution < -0.4 is 10.1 Å². The van der Waals surface area contributed by atoms with Gasteiger partial charge < -0.3 is 15.2 Å². The fourth-order valence-electron chi connectivity index (χ4n) is 3.02. The van der Waals surface area contributed by atoms with Gasteiger partial charge in [-0.15, -0.1) is 0 Å². The number of benzene rings is 2. The van der Waals surface area contributed by atoms with Crippen LogP contribution in [0.25, 0.3) is 27.8 Å². The topological polar surface area (TPSA) is 114 Å². The van der Waals surface area contributed by atoms with Gasteiger partial charge in [-0.3, -0.25) is 9.67 Å². The van der Waals surface area contributed by atoms with E-state index < -0.39 is 0 Å². The molecule has 0 unspecified atom stereocenters. The Morgan fingerprint density at radius 1 is 1.11 bits per heavy atom. The summed E-state index contributed by atoms with van der Waals surface area (Å²) in [5.41, 5.74) is 3.89. The van der Waals surface area contributed by atoms with Gasteiger partial charge in [0.2, 0.25) is 5.95 Å². The number of hydrogen-bond acceptors (Lipinski definition) is 7. The number of imidazole rings is 1. The Bertz CT molecular complexity index is 1310. The minimum atomic E-state index is 0.0664. The van der Waals surface area contributed by atoms with Gasteiger partial charge in [-0.25, -0.2) is 9.97 Å². The lowest BCUT2D eigenvalue weighted by Gasteiger charge is -2.09. The number of fused-ring (bicyclic) bond motifs is 2. The minimum Gasteiger partial charge on any atom is -0.504 e. The van der Waals surface area contributed by atoms with E-state index in [1.165, 1.54) is 7.11 Å². The largest absolute Gasteiger partial charge is 0.504 e. The molecule has 9 heteroatoms. The molecule has 0 saturated heterocycles. The van der Waals surface area contributed by atoms with E-state index in [4.69, 9.17) is 4.74 Å². The SMILES string of the molecule is COc1cc(Nc2ncc3ncn(-c4ccc5cn[nH]c5c4)c3n2)ccc1O. The van der Waals surface area contributed by atoms with E-state index >= 15 is 0 Å². The second-order valence-electron chi connectivity index (χ2n) is 6.17. The zero-order valence-electron chi connectivity index (χ0n) is 14.8. The van der Waals surface area contributed by atoms with Crippen LogP contribution in [-0.4, -0.2) is 41.9 Å². The Morgan fingerprint density at radius 2 is 2.04 bits per heavy atom. The first-order valence-electron chi connectivity index (χ1n) is 8.49. The normalized spacial score (nSPS) is 11.2. The zero-order chi connectivity index (χ0) is 19.1. The van der Waals surface area contributed by atoms with E-state index in [0.717, 1.165) is 16.6 Å². The predicted molar refractivity (Wildman–Crippen MR) is 104 cm³/mol. The smallest absolute Gasteiger partial charge is 0.229 e. The van der Waals surface area contributed by atoms with Crippen molar-refractivity contribution in [3.63, 3.8) is 0 Å². The summed E-state index contributed by atoms with van der Waals surface area (Å²) in [4.78, 5) is 13.3. The van der Waals surface area contributed by atoms with E-state index in [-0.39, 0.29) is 5.75 Å². The number of phenols is 1. The molecule has 0 fully saturated rings. The maximum atomic E-state index is 9.73. The molecule has 5 rings (SSSR count). The molecule has 3 aromatic heterocycles. The highest BCUT2D eigenvalue weighted by atomic mass is 16.5. The molecule has 3 N–H and O–H groups in total. The van der Waals surface area contributed by atoms with Gasteiger partial charge in [-0.05, 0) is 30.3 Å². The number of H-pyrrole nitrogens is 1. The third-order valence-electron chi connectivity index (χ3n) is 4.43. The van der Waals surface area contributed by atoms with E-state index in [2.05, 4.69) is 30.5 Å². The molecule has 5 aromatic rings. The molecule has 28 heavy (non-hydrogen) atoms. The summed E-state index contributed by atoms with van der Waals surface area (Å²) in [5.74, 6) is 0.838. The molecule has 0 saturated carbocycles. The van der Waals surface area contributed by atoms with Crippen LogP contribution in [0.3, 0.4) is 0 Å². The molecular weight excluding hydrogens is 358 g/mol. The predicted octanol–water partition coefficient (Wildman–Crippen LogP) is 3.15. The molecule has 9 nitrogen and oxygen atoms in total. The number of aromatic amines is 1. The van der Waals surface area contributed by atoms with Crippen molar-refractivity contribution < 1.29 is 9.84 Å². The number of phenolic OH excluding ortho intramolecular Hbond substituents is 1. The summed E-state index contributed by atoms with van der Waals surface area (Å²) in [6, 6.07) is 10.9. The fraction of sp³-hybridized carbons (Fsp3) is 0.0526. The molecule has 138 valence electrons. The maximum absolute atomic E-state index is 9.73. The number of methoxy groups -OCH3 is 1. The van der Waals surface area contributed by atoms with Crippen molar-refractivity contribution in [1.82, 2.24) is 29.7 Å². The van der Waals surface area contributed by atoms with Crippen LogP contribution in [0.1, 0.15) is 0 Å². The summed E-state index contributed by atoms with van der Waals surface area (Å²) in [6.07, 6.45) is 5.15. The Kier molecular flexibility index (Phi) is 3.58. The van der Waals surface area contributed by atoms with Crippen LogP contribution in [0.5, 0.6) is 11.5 Å². The number of aromatic hydroxyl groups is 1. The summed E-state index contributed by atoms with van der Waals surface area (Å²) >= 11 is 0. The molecule has 3 heterocycles. The number of rotatable bonds is 4. The van der Waals surface area contributed by atoms with E-state index in [9.17, 15) is 5.11 Å². The standard InChI is InChI=1S/C19H15N7O2/c1-28-17-6-12(3-5-16(17)27)23-19-20-9-15-18(24-19)26(10-21-15)13-4-2-11-8-22-25-14(11)7-13/h2-10,27H,1H3,(H,22,25)(H,20,23,24). The number of hydrogen-bond donors (Lipinski definition) is 3. The van der Waals surface area contributed by atoms with Crippen LogP contribution in [0.2, 0.25) is 0 Å². The molecule has 0 radical (unpaired) electrons. The lowest BCUT2D eigenvalue weighted by atomic mass is 10.2. The first-order chi connectivity index (χ1) is 13.7. The number of aromatic nitrogens is 6. The van der Waals surface area contributed by atoms with Gasteiger partial charge in [-0.1, -0.05) is 0 Å². The van der Waals surface area contributed by atoms with Gasteiger partial charge in [0, 0.05) is 17.1 Å². The molecule has 0 aliphatic rings. The van der Waals surface area contributed by atoms with Crippen LogP contribution in [0, 0.1) is 0 Å². The first kappa shape index (κ1) is 16.1. The molecule has 0 aliphatic carbocycles. The molecule has 0 aliphatic heterocycles. The average molecular weight is 373 g/mol. The van der Waals surface area contributed by atoms with Gasteiger partial charge in [0.25, 0.3) is 0 Å². The van der Waals surface area contributed by atoms with E-state index in [1.54, 1.807) is 36.9 Å². The molecule has 2 aromatic carbocycles. The minimum absolute atomic E-state index is 0.0664. The Labute approximate surface area is 158 Å².